The highest BCUT2D eigenvalue weighted by molar-refractivity contribution is 5.88. The van der Waals surface area contributed by atoms with E-state index in [0.717, 1.165) is 0 Å². The maximum Gasteiger partial charge on any atom is 0.335 e. The van der Waals surface area contributed by atoms with Gasteiger partial charge in [-0.15, -0.1) is 0 Å². The molecule has 0 aromatic heterocycles. The number of aliphatic hydroxyl groups is 1. The number of ether oxygens (including phenoxy) is 2. The minimum Gasteiger partial charge on any atom is -0.490 e. The van der Waals surface area contributed by atoms with E-state index in [4.69, 9.17) is 14.6 Å². The summed E-state index contributed by atoms with van der Waals surface area (Å²) in [5.74, 6) is -0.230. The third-order valence-corrected chi connectivity index (χ3v) is 2.48. The van der Waals surface area contributed by atoms with Gasteiger partial charge in [0, 0.05) is 0 Å². The van der Waals surface area contributed by atoms with Crippen molar-refractivity contribution in [2.24, 2.45) is 0 Å². The van der Waals surface area contributed by atoms with Crippen molar-refractivity contribution in [2.75, 3.05) is 6.61 Å². The first kappa shape index (κ1) is 14.3. The van der Waals surface area contributed by atoms with Crippen LogP contribution in [-0.2, 0) is 0 Å². The van der Waals surface area contributed by atoms with Crippen molar-refractivity contribution < 1.29 is 24.5 Å². The zero-order valence-electron chi connectivity index (χ0n) is 10.7. The number of carboxylic acids is 1. The van der Waals surface area contributed by atoms with Crippen LogP contribution >= 0.6 is 0 Å². The Kier molecular flexibility index (Phi) is 4.97. The number of carbonyl (C=O) groups is 1. The molecule has 0 fully saturated rings. The maximum absolute atomic E-state index is 10.9. The van der Waals surface area contributed by atoms with Crippen LogP contribution in [-0.4, -0.2) is 35.0 Å². The maximum atomic E-state index is 10.9. The Hall–Kier alpha value is -1.75. The van der Waals surface area contributed by atoms with Gasteiger partial charge in [0.2, 0.25) is 0 Å². The van der Waals surface area contributed by atoms with Crippen LogP contribution in [0.1, 0.15) is 31.1 Å². The summed E-state index contributed by atoms with van der Waals surface area (Å²) in [6.07, 6.45) is -1.03. The van der Waals surface area contributed by atoms with Gasteiger partial charge in [-0.05, 0) is 39.0 Å². The van der Waals surface area contributed by atoms with Gasteiger partial charge in [-0.1, -0.05) is 0 Å². The lowest BCUT2D eigenvalue weighted by molar-refractivity contribution is 0.0580. The first-order chi connectivity index (χ1) is 8.45. The number of aromatic carboxylic acids is 1. The Bertz CT molecular complexity index is 414. The molecule has 0 saturated heterocycles. The molecule has 0 amide bonds. The van der Waals surface area contributed by atoms with Gasteiger partial charge >= 0.3 is 5.97 Å². The summed E-state index contributed by atoms with van der Waals surface area (Å²) in [4.78, 5) is 10.9. The first-order valence-electron chi connectivity index (χ1n) is 5.80. The third-order valence-electron chi connectivity index (χ3n) is 2.48. The molecule has 2 unspecified atom stereocenters. The Labute approximate surface area is 106 Å². The van der Waals surface area contributed by atoms with Gasteiger partial charge in [-0.25, -0.2) is 4.79 Å². The van der Waals surface area contributed by atoms with Crippen LogP contribution in [0.15, 0.2) is 18.2 Å². The van der Waals surface area contributed by atoms with Gasteiger partial charge in [0.1, 0.15) is 6.10 Å². The number of aliphatic hydroxyl groups excluding tert-OH is 1. The van der Waals surface area contributed by atoms with Gasteiger partial charge in [0.15, 0.2) is 11.5 Å². The number of carboxylic acid groups (broad SMARTS) is 1. The minimum absolute atomic E-state index is 0.135. The molecule has 0 aliphatic heterocycles. The molecule has 2 atom stereocenters. The molecule has 5 heteroatoms. The van der Waals surface area contributed by atoms with E-state index in [-0.39, 0.29) is 5.56 Å². The van der Waals surface area contributed by atoms with Crippen LogP contribution in [0.2, 0.25) is 0 Å². The van der Waals surface area contributed by atoms with Gasteiger partial charge in [0.25, 0.3) is 0 Å². The molecule has 0 spiro atoms. The minimum atomic E-state index is -1.02. The van der Waals surface area contributed by atoms with Crippen molar-refractivity contribution in [2.45, 2.75) is 33.0 Å². The van der Waals surface area contributed by atoms with E-state index >= 15 is 0 Å². The largest absolute Gasteiger partial charge is 0.490 e. The van der Waals surface area contributed by atoms with Gasteiger partial charge < -0.3 is 19.7 Å². The molecule has 0 radical (unpaired) electrons. The van der Waals surface area contributed by atoms with E-state index in [1.54, 1.807) is 20.8 Å². The summed E-state index contributed by atoms with van der Waals surface area (Å²) in [6, 6.07) is 4.39. The molecule has 18 heavy (non-hydrogen) atoms. The summed E-state index contributed by atoms with van der Waals surface area (Å²) < 4.78 is 10.9. The first-order valence-corrected chi connectivity index (χ1v) is 5.80. The van der Waals surface area contributed by atoms with E-state index in [0.29, 0.717) is 18.1 Å². The quantitative estimate of drug-likeness (QED) is 0.811. The van der Waals surface area contributed by atoms with E-state index < -0.39 is 18.2 Å². The summed E-state index contributed by atoms with van der Waals surface area (Å²) in [6.45, 7) is 5.56. The van der Waals surface area contributed by atoms with Crippen LogP contribution in [0.25, 0.3) is 0 Å². The smallest absolute Gasteiger partial charge is 0.335 e. The lowest BCUT2D eigenvalue weighted by atomic mass is 10.2. The zero-order valence-corrected chi connectivity index (χ0v) is 10.7. The molecule has 0 saturated carbocycles. The number of benzene rings is 1. The fraction of sp³-hybridized carbons (Fsp3) is 0.462. The standard InChI is InChI=1S/C13H18O5/c1-4-17-12-7-10(13(15)16)5-6-11(12)18-9(3)8(2)14/h5-9,14H,4H2,1-3H3,(H,15,16). The molecule has 0 bridgehead atoms. The van der Waals surface area contributed by atoms with Crippen molar-refractivity contribution in [3.63, 3.8) is 0 Å². The number of rotatable bonds is 6. The van der Waals surface area contributed by atoms with Gasteiger partial charge in [0.05, 0.1) is 18.3 Å². The molecule has 0 aliphatic carbocycles. The van der Waals surface area contributed by atoms with E-state index in [1.165, 1.54) is 18.2 Å². The molecule has 0 aliphatic rings. The van der Waals surface area contributed by atoms with Crippen molar-refractivity contribution in [3.05, 3.63) is 23.8 Å². The number of hydrogen-bond donors (Lipinski definition) is 2. The Morgan fingerprint density at radius 1 is 1.33 bits per heavy atom. The number of hydrogen-bond acceptors (Lipinski definition) is 4. The van der Waals surface area contributed by atoms with E-state index in [2.05, 4.69) is 0 Å². The summed E-state index contributed by atoms with van der Waals surface area (Å²) in [7, 11) is 0. The fourth-order valence-electron chi connectivity index (χ4n) is 1.31. The summed E-state index contributed by atoms with van der Waals surface area (Å²) >= 11 is 0. The monoisotopic (exact) mass is 254 g/mol. The average molecular weight is 254 g/mol. The second-order valence-corrected chi connectivity index (χ2v) is 3.96. The highest BCUT2D eigenvalue weighted by Crippen LogP contribution is 2.29. The molecule has 5 nitrogen and oxygen atoms in total. The molecule has 100 valence electrons. The van der Waals surface area contributed by atoms with Gasteiger partial charge in [-0.2, -0.15) is 0 Å². The lowest BCUT2D eigenvalue weighted by Gasteiger charge is -2.19. The van der Waals surface area contributed by atoms with Crippen LogP contribution in [0.4, 0.5) is 0 Å². The molecule has 2 N–H and O–H groups in total. The van der Waals surface area contributed by atoms with Crippen molar-refractivity contribution >= 4 is 5.97 Å². The highest BCUT2D eigenvalue weighted by atomic mass is 16.5. The molecule has 1 aromatic rings. The fourth-order valence-corrected chi connectivity index (χ4v) is 1.31. The van der Waals surface area contributed by atoms with E-state index in [9.17, 15) is 9.90 Å². The Morgan fingerprint density at radius 3 is 2.50 bits per heavy atom. The Balaban J connectivity index is 2.99. The molecule has 1 aromatic carbocycles. The van der Waals surface area contributed by atoms with Gasteiger partial charge in [-0.3, -0.25) is 0 Å². The second kappa shape index (κ2) is 6.26. The molecule has 1 rings (SSSR count). The predicted molar refractivity (Wildman–Crippen MR) is 66.3 cm³/mol. The summed E-state index contributed by atoms with van der Waals surface area (Å²) in [5.41, 5.74) is 0.135. The van der Waals surface area contributed by atoms with Crippen LogP contribution in [0, 0.1) is 0 Å². The van der Waals surface area contributed by atoms with Crippen LogP contribution in [0.5, 0.6) is 11.5 Å². The topological polar surface area (TPSA) is 76.0 Å². The lowest BCUT2D eigenvalue weighted by Crippen LogP contribution is -2.25. The van der Waals surface area contributed by atoms with E-state index in [1.807, 2.05) is 0 Å². The van der Waals surface area contributed by atoms with Crippen LogP contribution in [0.3, 0.4) is 0 Å². The third kappa shape index (κ3) is 3.63. The van der Waals surface area contributed by atoms with Crippen LogP contribution < -0.4 is 9.47 Å². The van der Waals surface area contributed by atoms with Crippen molar-refractivity contribution in [3.8, 4) is 11.5 Å². The molecular weight excluding hydrogens is 236 g/mol. The summed E-state index contributed by atoms with van der Waals surface area (Å²) in [5, 5.41) is 18.3. The normalized spacial score (nSPS) is 13.8. The predicted octanol–water partition coefficient (Wildman–Crippen LogP) is 1.93. The highest BCUT2D eigenvalue weighted by Gasteiger charge is 2.15. The molecule has 0 heterocycles. The average Bonchev–Trinajstić information content (AvgIpc) is 2.31. The zero-order chi connectivity index (χ0) is 13.7. The van der Waals surface area contributed by atoms with Crippen molar-refractivity contribution in [1.82, 2.24) is 0 Å². The molecular formula is C13H18O5. The SMILES string of the molecule is CCOc1cc(C(=O)O)ccc1OC(C)C(C)O. The Morgan fingerprint density at radius 2 is 2.00 bits per heavy atom. The second-order valence-electron chi connectivity index (χ2n) is 3.96. The van der Waals surface area contributed by atoms with Crippen molar-refractivity contribution in [1.29, 1.82) is 0 Å².